The summed E-state index contributed by atoms with van der Waals surface area (Å²) in [5, 5.41) is 3.83. The molecule has 35 heavy (non-hydrogen) atoms. The van der Waals surface area contributed by atoms with Gasteiger partial charge in [0.25, 0.3) is 5.56 Å². The standard InChI is InChI=1S/C22H26ClF3N6O2S/c1-6-21(30-35(34)20(2,3)4,12-9-14(23)17(27-10-12)22(24,25)26)18-15-16(29-31(18)5)19(33)32(11-28-15)13-7-8-13/h9-11,13,30H,6-8H2,1-5H3. The van der Waals surface area contributed by atoms with Gasteiger partial charge in [0.1, 0.15) is 11.1 Å². The zero-order chi connectivity index (χ0) is 25.9. The van der Waals surface area contributed by atoms with Crippen LogP contribution in [0.5, 0.6) is 0 Å². The quantitative estimate of drug-likeness (QED) is 0.514. The Labute approximate surface area is 207 Å². The van der Waals surface area contributed by atoms with Gasteiger partial charge in [-0.3, -0.25) is 14.0 Å². The summed E-state index contributed by atoms with van der Waals surface area (Å²) < 4.78 is 58.8. The Morgan fingerprint density at radius 2 is 1.86 bits per heavy atom. The number of pyridine rings is 1. The first-order valence-corrected chi connectivity index (χ1v) is 12.6. The maximum absolute atomic E-state index is 13.4. The zero-order valence-corrected chi connectivity index (χ0v) is 21.5. The first-order chi connectivity index (χ1) is 16.2. The Bertz CT molecular complexity index is 1380. The monoisotopic (exact) mass is 530 g/mol. The molecule has 1 fully saturated rings. The second-order valence-electron chi connectivity index (χ2n) is 9.65. The van der Waals surface area contributed by atoms with Crippen LogP contribution >= 0.6 is 11.6 Å². The van der Waals surface area contributed by atoms with Crippen molar-refractivity contribution in [3.8, 4) is 0 Å². The van der Waals surface area contributed by atoms with Crippen LogP contribution in [-0.4, -0.2) is 33.3 Å². The van der Waals surface area contributed by atoms with Crippen LogP contribution < -0.4 is 10.3 Å². The van der Waals surface area contributed by atoms with Crippen LogP contribution in [-0.2, 0) is 29.7 Å². The predicted molar refractivity (Wildman–Crippen MR) is 127 cm³/mol. The van der Waals surface area contributed by atoms with E-state index in [1.54, 1.807) is 39.3 Å². The molecule has 3 aromatic heterocycles. The molecule has 13 heteroatoms. The summed E-state index contributed by atoms with van der Waals surface area (Å²) in [6, 6.07) is 1.25. The number of nitrogens with one attached hydrogen (secondary N) is 1. The number of nitrogens with zero attached hydrogens (tertiary/aromatic N) is 5. The van der Waals surface area contributed by atoms with Crippen molar-refractivity contribution in [1.82, 2.24) is 29.0 Å². The average molecular weight is 531 g/mol. The molecule has 0 aromatic carbocycles. The van der Waals surface area contributed by atoms with Gasteiger partial charge < -0.3 is 0 Å². The number of rotatable bonds is 6. The summed E-state index contributed by atoms with van der Waals surface area (Å²) in [5.41, 5.74) is -1.86. The first kappa shape index (κ1) is 25.8. The Kier molecular flexibility index (Phi) is 6.38. The summed E-state index contributed by atoms with van der Waals surface area (Å²) in [4.78, 5) is 21.2. The molecule has 0 aliphatic heterocycles. The largest absolute Gasteiger partial charge is 0.434 e. The normalized spacial score (nSPS) is 17.5. The van der Waals surface area contributed by atoms with Gasteiger partial charge in [-0.1, -0.05) is 18.5 Å². The fourth-order valence-corrected chi connectivity index (χ4v) is 5.30. The topological polar surface area (TPSA) is 94.7 Å². The zero-order valence-electron chi connectivity index (χ0n) is 19.9. The lowest BCUT2D eigenvalue weighted by molar-refractivity contribution is -0.141. The van der Waals surface area contributed by atoms with Gasteiger partial charge in [-0.05, 0) is 51.7 Å². The van der Waals surface area contributed by atoms with Crippen molar-refractivity contribution in [1.29, 1.82) is 0 Å². The van der Waals surface area contributed by atoms with Gasteiger partial charge >= 0.3 is 6.18 Å². The van der Waals surface area contributed by atoms with E-state index in [2.05, 4.69) is 19.8 Å². The molecule has 0 amide bonds. The van der Waals surface area contributed by atoms with Gasteiger partial charge in [-0.15, -0.1) is 0 Å². The molecule has 1 aliphatic carbocycles. The molecule has 2 unspecified atom stereocenters. The van der Waals surface area contributed by atoms with Crippen LogP contribution in [0.2, 0.25) is 5.02 Å². The maximum atomic E-state index is 13.4. The molecule has 0 bridgehead atoms. The van der Waals surface area contributed by atoms with Crippen LogP contribution in [0.3, 0.4) is 0 Å². The summed E-state index contributed by atoms with van der Waals surface area (Å²) in [6.45, 7) is 7.08. The third kappa shape index (κ3) is 4.51. The van der Waals surface area contributed by atoms with Crippen LogP contribution in [0.1, 0.15) is 70.0 Å². The molecule has 1 aliphatic rings. The fourth-order valence-electron chi connectivity index (χ4n) is 4.04. The summed E-state index contributed by atoms with van der Waals surface area (Å²) >= 11 is 6.03. The van der Waals surface area contributed by atoms with Gasteiger partial charge in [0.2, 0.25) is 0 Å². The lowest BCUT2D eigenvalue weighted by Crippen LogP contribution is -2.49. The van der Waals surface area contributed by atoms with E-state index in [-0.39, 0.29) is 34.6 Å². The molecule has 0 saturated heterocycles. The molecule has 4 rings (SSSR count). The van der Waals surface area contributed by atoms with Crippen molar-refractivity contribution >= 4 is 33.6 Å². The van der Waals surface area contributed by atoms with E-state index >= 15 is 0 Å². The number of aromatic nitrogens is 5. The summed E-state index contributed by atoms with van der Waals surface area (Å²) in [6.07, 6.45) is -0.218. The lowest BCUT2D eigenvalue weighted by Gasteiger charge is -2.36. The van der Waals surface area contributed by atoms with Crippen molar-refractivity contribution in [3.63, 3.8) is 0 Å². The highest BCUT2D eigenvalue weighted by Gasteiger charge is 2.44. The van der Waals surface area contributed by atoms with E-state index < -0.39 is 38.2 Å². The Hall–Kier alpha value is -2.31. The second kappa shape index (κ2) is 8.67. The highest BCUT2D eigenvalue weighted by Crippen LogP contribution is 2.41. The first-order valence-electron chi connectivity index (χ1n) is 11.1. The molecular formula is C22H26ClF3N6O2S. The Morgan fingerprint density at radius 1 is 1.20 bits per heavy atom. The molecule has 2 atom stereocenters. The number of aryl methyl sites for hydroxylation is 1. The minimum absolute atomic E-state index is 0.0882. The SMILES string of the molecule is CCC(NS(=O)C(C)(C)C)(c1cnc(C(F)(F)F)c(Cl)c1)c1c2ncn(C3CC3)c(=O)c2nn1C. The van der Waals surface area contributed by atoms with E-state index in [9.17, 15) is 22.2 Å². The van der Waals surface area contributed by atoms with E-state index in [1.807, 2.05) is 0 Å². The molecule has 3 heterocycles. The van der Waals surface area contributed by atoms with Crippen LogP contribution in [0.4, 0.5) is 13.2 Å². The number of hydrogen-bond acceptors (Lipinski definition) is 5. The highest BCUT2D eigenvalue weighted by molar-refractivity contribution is 7.84. The molecule has 1 saturated carbocycles. The number of halogens is 4. The average Bonchev–Trinajstić information content (AvgIpc) is 3.53. The van der Waals surface area contributed by atoms with E-state index in [1.165, 1.54) is 11.0 Å². The van der Waals surface area contributed by atoms with Crippen LogP contribution in [0.25, 0.3) is 11.0 Å². The van der Waals surface area contributed by atoms with Gasteiger partial charge in [-0.2, -0.15) is 18.3 Å². The maximum Gasteiger partial charge on any atom is 0.434 e. The van der Waals surface area contributed by atoms with Crippen molar-refractivity contribution in [2.75, 3.05) is 0 Å². The number of hydrogen-bond donors (Lipinski definition) is 1. The van der Waals surface area contributed by atoms with Crippen molar-refractivity contribution in [2.24, 2.45) is 7.05 Å². The molecule has 8 nitrogen and oxygen atoms in total. The molecular weight excluding hydrogens is 505 g/mol. The number of fused-ring (bicyclic) bond motifs is 1. The number of alkyl halides is 3. The van der Waals surface area contributed by atoms with Crippen LogP contribution in [0, 0.1) is 0 Å². The van der Waals surface area contributed by atoms with Gasteiger partial charge in [0, 0.05) is 19.3 Å². The van der Waals surface area contributed by atoms with E-state index in [0.717, 1.165) is 25.1 Å². The summed E-state index contributed by atoms with van der Waals surface area (Å²) in [5.74, 6) is 0. The minimum atomic E-state index is -4.74. The predicted octanol–water partition coefficient (Wildman–Crippen LogP) is 4.24. The van der Waals surface area contributed by atoms with E-state index in [4.69, 9.17) is 11.6 Å². The molecule has 1 N–H and O–H groups in total. The van der Waals surface area contributed by atoms with Gasteiger partial charge in [0.15, 0.2) is 11.2 Å². The third-order valence-electron chi connectivity index (χ3n) is 6.07. The fraction of sp³-hybridized carbons (Fsp3) is 0.545. The summed E-state index contributed by atoms with van der Waals surface area (Å²) in [7, 11) is -0.0601. The molecule has 0 spiro atoms. The molecule has 190 valence electrons. The van der Waals surface area contributed by atoms with Crippen LogP contribution in [0.15, 0.2) is 23.4 Å². The van der Waals surface area contributed by atoms with E-state index in [0.29, 0.717) is 5.69 Å². The van der Waals surface area contributed by atoms with Gasteiger partial charge in [-0.25, -0.2) is 18.9 Å². The van der Waals surface area contributed by atoms with Crippen molar-refractivity contribution in [3.05, 3.63) is 50.9 Å². The minimum Gasteiger partial charge on any atom is -0.294 e. The van der Waals surface area contributed by atoms with Crippen molar-refractivity contribution < 1.29 is 17.4 Å². The second-order valence-corrected chi connectivity index (χ2v) is 12.0. The Morgan fingerprint density at radius 3 is 2.37 bits per heavy atom. The third-order valence-corrected chi connectivity index (χ3v) is 8.01. The van der Waals surface area contributed by atoms with Crippen molar-refractivity contribution in [2.45, 2.75) is 69.5 Å². The molecule has 3 aromatic rings. The molecule has 0 radical (unpaired) electrons. The lowest BCUT2D eigenvalue weighted by atomic mass is 9.85. The Balaban J connectivity index is 2.00. The smallest absolute Gasteiger partial charge is 0.294 e. The van der Waals surface area contributed by atoms with Gasteiger partial charge in [0.05, 0.1) is 32.8 Å². The highest BCUT2D eigenvalue weighted by atomic mass is 35.5.